The molecule has 94 valence electrons. The van der Waals surface area contributed by atoms with Crippen molar-refractivity contribution in [1.29, 1.82) is 0 Å². The van der Waals surface area contributed by atoms with Gasteiger partial charge in [0, 0.05) is 33.9 Å². The third kappa shape index (κ3) is 2.13. The predicted molar refractivity (Wildman–Crippen MR) is 71.7 cm³/mol. The normalized spacial score (nSPS) is 13.4. The smallest absolute Gasteiger partial charge is 0.270 e. The molecule has 4 nitrogen and oxygen atoms in total. The summed E-state index contributed by atoms with van der Waals surface area (Å²) < 4.78 is 0. The largest absolute Gasteiger partial charge is 0.294 e. The summed E-state index contributed by atoms with van der Waals surface area (Å²) in [7, 11) is 0. The van der Waals surface area contributed by atoms with Crippen LogP contribution in [0.15, 0.2) is 52.3 Å². The standard InChI is InChI=1S/C14H9NO3S/c16-12-7-9-3-1-2-4-13(9)19-14-6-5-10(15(17)18)8-11(12)14/h1-6,8H,7H2. The third-order valence-electron chi connectivity index (χ3n) is 3.02. The number of carbonyl (C=O) groups excluding carboxylic acids is 1. The molecular weight excluding hydrogens is 262 g/mol. The average molecular weight is 271 g/mol. The number of benzene rings is 2. The zero-order valence-corrected chi connectivity index (χ0v) is 10.6. The van der Waals surface area contributed by atoms with Gasteiger partial charge in [-0.15, -0.1) is 0 Å². The molecule has 0 N–H and O–H groups in total. The van der Waals surface area contributed by atoms with Gasteiger partial charge in [-0.1, -0.05) is 30.0 Å². The molecule has 0 saturated carbocycles. The Balaban J connectivity index is 2.13. The van der Waals surface area contributed by atoms with Crippen molar-refractivity contribution in [2.75, 3.05) is 0 Å². The van der Waals surface area contributed by atoms with Crippen molar-refractivity contribution < 1.29 is 9.72 Å². The molecule has 0 unspecified atom stereocenters. The highest BCUT2D eigenvalue weighted by Gasteiger charge is 2.22. The van der Waals surface area contributed by atoms with Gasteiger partial charge in [0.1, 0.15) is 0 Å². The monoisotopic (exact) mass is 271 g/mol. The number of carbonyl (C=O) groups is 1. The summed E-state index contributed by atoms with van der Waals surface area (Å²) in [6.45, 7) is 0. The Hall–Kier alpha value is -2.14. The van der Waals surface area contributed by atoms with E-state index in [2.05, 4.69) is 0 Å². The first-order valence-electron chi connectivity index (χ1n) is 5.72. The van der Waals surface area contributed by atoms with Crippen LogP contribution in [0.5, 0.6) is 0 Å². The summed E-state index contributed by atoms with van der Waals surface area (Å²) in [5.41, 5.74) is 1.37. The van der Waals surface area contributed by atoms with E-state index in [4.69, 9.17) is 0 Å². The first-order chi connectivity index (χ1) is 9.15. The first-order valence-corrected chi connectivity index (χ1v) is 6.54. The lowest BCUT2D eigenvalue weighted by Crippen LogP contribution is -2.04. The van der Waals surface area contributed by atoms with E-state index < -0.39 is 4.92 Å². The van der Waals surface area contributed by atoms with Gasteiger partial charge in [-0.3, -0.25) is 14.9 Å². The highest BCUT2D eigenvalue weighted by Crippen LogP contribution is 2.38. The maximum absolute atomic E-state index is 12.2. The van der Waals surface area contributed by atoms with Crippen LogP contribution in [0.25, 0.3) is 0 Å². The molecule has 2 aromatic rings. The highest BCUT2D eigenvalue weighted by molar-refractivity contribution is 7.99. The molecule has 1 aliphatic heterocycles. The summed E-state index contributed by atoms with van der Waals surface area (Å²) in [4.78, 5) is 24.3. The van der Waals surface area contributed by atoms with Gasteiger partial charge >= 0.3 is 0 Å². The molecule has 1 aliphatic rings. The van der Waals surface area contributed by atoms with E-state index in [0.29, 0.717) is 5.56 Å². The fraction of sp³-hybridized carbons (Fsp3) is 0.0714. The predicted octanol–water partition coefficient (Wildman–Crippen LogP) is 3.48. The van der Waals surface area contributed by atoms with Crippen LogP contribution in [0.3, 0.4) is 0 Å². The first kappa shape index (κ1) is 11.9. The summed E-state index contributed by atoms with van der Waals surface area (Å²) in [6.07, 6.45) is 0.289. The minimum Gasteiger partial charge on any atom is -0.294 e. The Labute approximate surface area is 113 Å². The van der Waals surface area contributed by atoms with Gasteiger partial charge in [0.15, 0.2) is 5.78 Å². The molecule has 5 heteroatoms. The number of fused-ring (bicyclic) bond motifs is 2. The number of hydrogen-bond donors (Lipinski definition) is 0. The van der Waals surface area contributed by atoms with Gasteiger partial charge in [-0.25, -0.2) is 0 Å². The van der Waals surface area contributed by atoms with Crippen molar-refractivity contribution >= 4 is 23.2 Å². The van der Waals surface area contributed by atoms with Crippen LogP contribution in [-0.2, 0) is 6.42 Å². The van der Waals surface area contributed by atoms with Gasteiger partial charge in [-0.05, 0) is 17.7 Å². The molecule has 0 amide bonds. The molecule has 0 fully saturated rings. The molecule has 3 rings (SSSR count). The Morgan fingerprint density at radius 2 is 1.89 bits per heavy atom. The zero-order chi connectivity index (χ0) is 13.4. The molecule has 0 aromatic heterocycles. The maximum atomic E-state index is 12.2. The molecule has 0 spiro atoms. The average Bonchev–Trinajstić information content (AvgIpc) is 2.54. The van der Waals surface area contributed by atoms with Crippen LogP contribution >= 0.6 is 11.8 Å². The van der Waals surface area contributed by atoms with Crippen LogP contribution in [0.2, 0.25) is 0 Å². The number of nitro benzene ring substituents is 1. The molecule has 1 heterocycles. The fourth-order valence-corrected chi connectivity index (χ4v) is 3.15. The fourth-order valence-electron chi connectivity index (χ4n) is 2.07. The van der Waals surface area contributed by atoms with Crippen LogP contribution < -0.4 is 0 Å². The zero-order valence-electron chi connectivity index (χ0n) is 9.83. The van der Waals surface area contributed by atoms with Crippen molar-refractivity contribution in [3.8, 4) is 0 Å². The van der Waals surface area contributed by atoms with Crippen LogP contribution in [-0.4, -0.2) is 10.7 Å². The minimum absolute atomic E-state index is 0.0429. The molecular formula is C14H9NO3S. The van der Waals surface area contributed by atoms with Crippen LogP contribution in [0.4, 0.5) is 5.69 Å². The quantitative estimate of drug-likeness (QED) is 0.588. The SMILES string of the molecule is O=C1Cc2ccccc2Sc2ccc([N+](=O)[O-])cc21. The van der Waals surface area contributed by atoms with Crippen molar-refractivity contribution in [1.82, 2.24) is 0 Å². The number of nitro groups is 1. The lowest BCUT2D eigenvalue weighted by molar-refractivity contribution is -0.384. The van der Waals surface area contributed by atoms with E-state index >= 15 is 0 Å². The number of ketones is 1. The van der Waals surface area contributed by atoms with Crippen LogP contribution in [0, 0.1) is 10.1 Å². The Morgan fingerprint density at radius 3 is 2.68 bits per heavy atom. The molecule has 0 saturated heterocycles. The topological polar surface area (TPSA) is 60.2 Å². The van der Waals surface area contributed by atoms with Crippen molar-refractivity contribution in [2.45, 2.75) is 16.2 Å². The third-order valence-corrected chi connectivity index (χ3v) is 4.21. The summed E-state index contributed by atoms with van der Waals surface area (Å²) in [6, 6.07) is 12.2. The van der Waals surface area contributed by atoms with E-state index in [1.165, 1.54) is 23.9 Å². The summed E-state index contributed by atoms with van der Waals surface area (Å²) >= 11 is 1.48. The van der Waals surface area contributed by atoms with Crippen molar-refractivity contribution in [2.24, 2.45) is 0 Å². The number of nitrogens with zero attached hydrogens (tertiary/aromatic N) is 1. The number of Topliss-reactive ketones (excluding diaryl/α,β-unsaturated/α-hetero) is 1. The molecule has 0 radical (unpaired) electrons. The minimum atomic E-state index is -0.476. The Bertz CT molecular complexity index is 697. The molecule has 0 bridgehead atoms. The van der Waals surface area contributed by atoms with E-state index in [0.717, 1.165) is 15.4 Å². The molecule has 2 aromatic carbocycles. The van der Waals surface area contributed by atoms with Gasteiger partial charge in [0.05, 0.1) is 4.92 Å². The number of non-ortho nitro benzene ring substituents is 1. The Morgan fingerprint density at radius 1 is 1.11 bits per heavy atom. The highest BCUT2D eigenvalue weighted by atomic mass is 32.2. The summed E-state index contributed by atoms with van der Waals surface area (Å²) in [5.74, 6) is -0.0730. The molecule has 0 atom stereocenters. The van der Waals surface area contributed by atoms with E-state index in [9.17, 15) is 14.9 Å². The van der Waals surface area contributed by atoms with E-state index in [-0.39, 0.29) is 17.9 Å². The lowest BCUT2D eigenvalue weighted by atomic mass is 10.0. The van der Waals surface area contributed by atoms with Gasteiger partial charge in [-0.2, -0.15) is 0 Å². The van der Waals surface area contributed by atoms with Crippen molar-refractivity contribution in [3.63, 3.8) is 0 Å². The van der Waals surface area contributed by atoms with Crippen molar-refractivity contribution in [3.05, 3.63) is 63.7 Å². The number of rotatable bonds is 1. The van der Waals surface area contributed by atoms with Gasteiger partial charge in [0.2, 0.25) is 0 Å². The number of hydrogen-bond acceptors (Lipinski definition) is 4. The maximum Gasteiger partial charge on any atom is 0.270 e. The van der Waals surface area contributed by atoms with Gasteiger partial charge < -0.3 is 0 Å². The van der Waals surface area contributed by atoms with E-state index in [1.54, 1.807) is 6.07 Å². The summed E-state index contributed by atoms with van der Waals surface area (Å²) in [5, 5.41) is 10.8. The second-order valence-corrected chi connectivity index (χ2v) is 5.33. The van der Waals surface area contributed by atoms with E-state index in [1.807, 2.05) is 24.3 Å². The second-order valence-electron chi connectivity index (χ2n) is 4.25. The van der Waals surface area contributed by atoms with Gasteiger partial charge in [0.25, 0.3) is 5.69 Å². The molecule has 19 heavy (non-hydrogen) atoms. The second kappa shape index (κ2) is 4.51. The van der Waals surface area contributed by atoms with Crippen LogP contribution in [0.1, 0.15) is 15.9 Å². The molecule has 0 aliphatic carbocycles. The Kier molecular flexibility index (Phi) is 2.83. The lowest BCUT2D eigenvalue weighted by Gasteiger charge is -2.04.